The summed E-state index contributed by atoms with van der Waals surface area (Å²) in [5.41, 5.74) is 5.86. The van der Waals surface area contributed by atoms with E-state index in [1.54, 1.807) is 24.3 Å². The summed E-state index contributed by atoms with van der Waals surface area (Å²) in [6, 6.07) is 14.9. The molecule has 0 aliphatic heterocycles. The molecule has 1 amide bonds. The lowest BCUT2D eigenvalue weighted by atomic mass is 10.0. The van der Waals surface area contributed by atoms with Crippen LogP contribution < -0.4 is 5.32 Å². The first-order valence-electron chi connectivity index (χ1n) is 8.09. The van der Waals surface area contributed by atoms with Gasteiger partial charge in [0, 0.05) is 30.4 Å². The van der Waals surface area contributed by atoms with E-state index in [2.05, 4.69) is 17.3 Å². The molecule has 0 saturated carbocycles. The fourth-order valence-electron chi connectivity index (χ4n) is 2.83. The predicted molar refractivity (Wildman–Crippen MR) is 101 cm³/mol. The maximum Gasteiger partial charge on any atom is 0.257 e. The van der Waals surface area contributed by atoms with Gasteiger partial charge in [0.1, 0.15) is 0 Å². The van der Waals surface area contributed by atoms with Crippen LogP contribution >= 0.6 is 11.6 Å². The number of anilines is 1. The molecular weight excluding hydrogens is 334 g/mol. The number of nitrogens with zero attached hydrogens (tertiary/aromatic N) is 2. The van der Waals surface area contributed by atoms with Crippen LogP contribution in [0.3, 0.4) is 0 Å². The number of hydrogen-bond donors (Lipinski definition) is 1. The zero-order valence-electron chi connectivity index (χ0n) is 14.5. The third-order valence-electron chi connectivity index (χ3n) is 4.37. The monoisotopic (exact) mass is 353 g/mol. The number of aryl methyl sites for hydroxylation is 2. The lowest BCUT2D eigenvalue weighted by Crippen LogP contribution is -2.12. The van der Waals surface area contributed by atoms with Crippen molar-refractivity contribution in [3.63, 3.8) is 0 Å². The maximum absolute atomic E-state index is 12.3. The van der Waals surface area contributed by atoms with E-state index in [-0.39, 0.29) is 5.91 Å². The number of benzene rings is 2. The lowest BCUT2D eigenvalue weighted by Gasteiger charge is -2.08. The van der Waals surface area contributed by atoms with E-state index in [4.69, 9.17) is 11.6 Å². The quantitative estimate of drug-likeness (QED) is 0.748. The second-order valence-corrected chi connectivity index (χ2v) is 6.49. The Morgan fingerprint density at radius 3 is 2.40 bits per heavy atom. The second-order valence-electron chi connectivity index (χ2n) is 6.08. The molecular formula is C20H20ClN3O. The summed E-state index contributed by atoms with van der Waals surface area (Å²) in [5.74, 6) is -0.211. The minimum Gasteiger partial charge on any atom is -0.322 e. The van der Waals surface area contributed by atoms with Crippen LogP contribution in [-0.2, 0) is 13.5 Å². The lowest BCUT2D eigenvalue weighted by molar-refractivity contribution is 0.102. The molecule has 4 nitrogen and oxygen atoms in total. The molecule has 0 fully saturated rings. The van der Waals surface area contributed by atoms with Gasteiger partial charge >= 0.3 is 0 Å². The zero-order valence-corrected chi connectivity index (χ0v) is 15.3. The fraction of sp³-hybridized carbons (Fsp3) is 0.200. The largest absolute Gasteiger partial charge is 0.322 e. The van der Waals surface area contributed by atoms with Gasteiger partial charge in [-0.3, -0.25) is 9.48 Å². The van der Waals surface area contributed by atoms with E-state index >= 15 is 0 Å². The predicted octanol–water partition coefficient (Wildman–Crippen LogP) is 4.53. The molecule has 0 bridgehead atoms. The van der Waals surface area contributed by atoms with Crippen LogP contribution in [0.15, 0.2) is 48.5 Å². The fourth-order valence-corrected chi connectivity index (χ4v) is 3.05. The normalized spacial score (nSPS) is 10.7. The number of carbonyl (C=O) groups excluding carboxylic acids is 1. The van der Waals surface area contributed by atoms with Crippen LogP contribution in [0, 0.1) is 13.8 Å². The van der Waals surface area contributed by atoms with Gasteiger partial charge in [-0.25, -0.2) is 0 Å². The highest BCUT2D eigenvalue weighted by molar-refractivity contribution is 6.34. The van der Waals surface area contributed by atoms with Gasteiger partial charge in [-0.15, -0.1) is 0 Å². The molecule has 0 unspecified atom stereocenters. The van der Waals surface area contributed by atoms with Crippen molar-refractivity contribution in [2.75, 3.05) is 5.32 Å². The van der Waals surface area contributed by atoms with Gasteiger partial charge in [0.2, 0.25) is 0 Å². The maximum atomic E-state index is 12.3. The Bertz CT molecular complexity index is 913. The van der Waals surface area contributed by atoms with E-state index in [1.807, 2.05) is 42.9 Å². The number of halogens is 1. The minimum atomic E-state index is -0.211. The van der Waals surface area contributed by atoms with E-state index in [1.165, 1.54) is 16.8 Å². The van der Waals surface area contributed by atoms with Crippen molar-refractivity contribution in [1.29, 1.82) is 0 Å². The number of aromatic nitrogens is 2. The summed E-state index contributed by atoms with van der Waals surface area (Å²) >= 11 is 6.06. The van der Waals surface area contributed by atoms with Crippen LogP contribution in [0.4, 0.5) is 5.69 Å². The smallest absolute Gasteiger partial charge is 0.257 e. The van der Waals surface area contributed by atoms with Crippen LogP contribution in [0.5, 0.6) is 0 Å². The Morgan fingerprint density at radius 1 is 1.12 bits per heavy atom. The Morgan fingerprint density at radius 2 is 1.80 bits per heavy atom. The van der Waals surface area contributed by atoms with Gasteiger partial charge in [0.15, 0.2) is 0 Å². The van der Waals surface area contributed by atoms with Gasteiger partial charge < -0.3 is 5.32 Å². The molecule has 0 atom stereocenters. The van der Waals surface area contributed by atoms with Crippen molar-refractivity contribution in [2.24, 2.45) is 7.05 Å². The molecule has 1 heterocycles. The van der Waals surface area contributed by atoms with Crippen molar-refractivity contribution in [3.05, 3.63) is 81.6 Å². The standard InChI is InChI=1S/C20H20ClN3O/c1-13-18(14(2)24(3)23-13)12-15-8-10-16(11-9-15)22-20(25)17-6-4-5-7-19(17)21/h4-11H,12H2,1-3H3,(H,22,25). The van der Waals surface area contributed by atoms with Crippen LogP contribution in [-0.4, -0.2) is 15.7 Å². The van der Waals surface area contributed by atoms with Gasteiger partial charge in [-0.05, 0) is 43.7 Å². The Balaban J connectivity index is 1.72. The third-order valence-corrected chi connectivity index (χ3v) is 4.70. The summed E-state index contributed by atoms with van der Waals surface area (Å²) in [6.45, 7) is 4.11. The highest BCUT2D eigenvalue weighted by Crippen LogP contribution is 2.20. The molecule has 2 aromatic carbocycles. The average Bonchev–Trinajstić information content (AvgIpc) is 2.83. The molecule has 3 aromatic rings. The van der Waals surface area contributed by atoms with Gasteiger partial charge in [0.25, 0.3) is 5.91 Å². The van der Waals surface area contributed by atoms with Crippen molar-refractivity contribution >= 4 is 23.2 Å². The average molecular weight is 354 g/mol. The van der Waals surface area contributed by atoms with Gasteiger partial charge in [0.05, 0.1) is 16.3 Å². The molecule has 0 spiro atoms. The van der Waals surface area contributed by atoms with Gasteiger partial charge in [-0.1, -0.05) is 35.9 Å². The molecule has 0 aliphatic rings. The highest BCUT2D eigenvalue weighted by Gasteiger charge is 2.11. The highest BCUT2D eigenvalue weighted by atomic mass is 35.5. The molecule has 5 heteroatoms. The number of nitrogens with one attached hydrogen (secondary N) is 1. The topological polar surface area (TPSA) is 46.9 Å². The first kappa shape index (κ1) is 17.2. The number of rotatable bonds is 4. The Labute approximate surface area is 152 Å². The number of hydrogen-bond acceptors (Lipinski definition) is 2. The summed E-state index contributed by atoms with van der Waals surface area (Å²) in [6.07, 6.45) is 0.824. The SMILES string of the molecule is Cc1nn(C)c(C)c1Cc1ccc(NC(=O)c2ccccc2Cl)cc1. The van der Waals surface area contributed by atoms with Crippen molar-refractivity contribution in [1.82, 2.24) is 9.78 Å². The van der Waals surface area contributed by atoms with Crippen LogP contribution in [0.25, 0.3) is 0 Å². The molecule has 128 valence electrons. The number of carbonyl (C=O) groups is 1. The van der Waals surface area contributed by atoms with Crippen LogP contribution in [0.1, 0.15) is 32.9 Å². The molecule has 0 radical (unpaired) electrons. The molecule has 0 aliphatic carbocycles. The summed E-state index contributed by atoms with van der Waals surface area (Å²) in [4.78, 5) is 12.3. The molecule has 0 saturated heterocycles. The molecule has 3 rings (SSSR count). The van der Waals surface area contributed by atoms with Crippen molar-refractivity contribution < 1.29 is 4.79 Å². The van der Waals surface area contributed by atoms with E-state index in [0.29, 0.717) is 10.6 Å². The Kier molecular flexibility index (Phi) is 4.91. The molecule has 1 N–H and O–H groups in total. The van der Waals surface area contributed by atoms with Crippen LogP contribution in [0.2, 0.25) is 5.02 Å². The number of amides is 1. The summed E-state index contributed by atoms with van der Waals surface area (Å²) in [7, 11) is 1.96. The molecule has 25 heavy (non-hydrogen) atoms. The first-order chi connectivity index (χ1) is 12.0. The minimum absolute atomic E-state index is 0.211. The third kappa shape index (κ3) is 3.74. The Hall–Kier alpha value is -2.59. The first-order valence-corrected chi connectivity index (χ1v) is 8.47. The van der Waals surface area contributed by atoms with E-state index in [0.717, 1.165) is 17.8 Å². The van der Waals surface area contributed by atoms with Crippen molar-refractivity contribution in [3.8, 4) is 0 Å². The molecule has 1 aromatic heterocycles. The van der Waals surface area contributed by atoms with E-state index < -0.39 is 0 Å². The zero-order chi connectivity index (χ0) is 18.0. The summed E-state index contributed by atoms with van der Waals surface area (Å²) < 4.78 is 1.91. The summed E-state index contributed by atoms with van der Waals surface area (Å²) in [5, 5.41) is 7.77. The second kappa shape index (κ2) is 7.11. The van der Waals surface area contributed by atoms with Gasteiger partial charge in [-0.2, -0.15) is 5.10 Å². The van der Waals surface area contributed by atoms with Crippen molar-refractivity contribution in [2.45, 2.75) is 20.3 Å². The van der Waals surface area contributed by atoms with E-state index in [9.17, 15) is 4.79 Å².